The Morgan fingerprint density at radius 1 is 0.933 bits per heavy atom. The van der Waals surface area contributed by atoms with Gasteiger partial charge in [0.15, 0.2) is 0 Å². The van der Waals surface area contributed by atoms with Crippen molar-refractivity contribution in [3.8, 4) is 5.69 Å². The van der Waals surface area contributed by atoms with Crippen LogP contribution < -0.4 is 5.32 Å². The Bertz CT molecular complexity index is 1160. The zero-order valence-corrected chi connectivity index (χ0v) is 16.8. The number of hydrogen-bond acceptors (Lipinski definition) is 2. The first-order chi connectivity index (χ1) is 14.7. The highest BCUT2D eigenvalue weighted by atomic mass is 16.1. The molecule has 1 heterocycles. The highest BCUT2D eigenvalue weighted by Crippen LogP contribution is 2.20. The molecule has 4 rings (SSSR count). The molecule has 0 aliphatic carbocycles. The van der Waals surface area contributed by atoms with E-state index in [9.17, 15) is 4.79 Å². The third kappa shape index (κ3) is 4.39. The minimum atomic E-state index is -0.109. The molecule has 0 radical (unpaired) electrons. The van der Waals surface area contributed by atoms with E-state index < -0.39 is 0 Å². The summed E-state index contributed by atoms with van der Waals surface area (Å²) < 4.78 is 2.03. The molecule has 4 nitrogen and oxygen atoms in total. The van der Waals surface area contributed by atoms with E-state index in [4.69, 9.17) is 0 Å². The van der Waals surface area contributed by atoms with E-state index in [1.54, 1.807) is 6.20 Å². The molecular formula is C26H23N3O. The quantitative estimate of drug-likeness (QED) is 0.369. The second-order valence-corrected chi connectivity index (χ2v) is 6.99. The van der Waals surface area contributed by atoms with Gasteiger partial charge in [0.2, 0.25) is 0 Å². The molecule has 0 atom stereocenters. The van der Waals surface area contributed by atoms with Crippen molar-refractivity contribution in [3.05, 3.63) is 120 Å². The third-order valence-electron chi connectivity index (χ3n) is 4.96. The van der Waals surface area contributed by atoms with Gasteiger partial charge in [-0.05, 0) is 35.8 Å². The molecule has 148 valence electrons. The maximum atomic E-state index is 13.2. The van der Waals surface area contributed by atoms with E-state index >= 15 is 0 Å². The summed E-state index contributed by atoms with van der Waals surface area (Å²) in [6.45, 7) is 2.39. The van der Waals surface area contributed by atoms with Gasteiger partial charge in [-0.25, -0.2) is 4.98 Å². The molecular weight excluding hydrogens is 370 g/mol. The van der Waals surface area contributed by atoms with E-state index in [1.165, 1.54) is 0 Å². The van der Waals surface area contributed by atoms with Crippen molar-refractivity contribution in [2.45, 2.75) is 13.5 Å². The molecule has 4 heteroatoms. The summed E-state index contributed by atoms with van der Waals surface area (Å²) in [6.07, 6.45) is 5.64. The largest absolute Gasteiger partial charge is 0.348 e. The SMILES string of the molecule is Cc1nccn1-c1ccccc1CNC(=O)/C(=C/c1ccccc1)c1ccccc1. The number of nitrogens with zero attached hydrogens (tertiary/aromatic N) is 2. The standard InChI is InChI=1S/C26H23N3O/c1-20-27-16-17-29(20)25-15-9-8-14-23(25)19-28-26(30)24(22-12-6-3-7-13-22)18-21-10-4-2-5-11-21/h2-18H,19H2,1H3,(H,28,30)/b24-18+. The number of benzene rings is 3. The normalized spacial score (nSPS) is 11.3. The van der Waals surface area contributed by atoms with Gasteiger partial charge in [-0.1, -0.05) is 78.9 Å². The minimum Gasteiger partial charge on any atom is -0.348 e. The molecule has 0 saturated carbocycles. The van der Waals surface area contributed by atoms with Crippen LogP contribution in [0.2, 0.25) is 0 Å². The molecule has 1 aromatic heterocycles. The van der Waals surface area contributed by atoms with Gasteiger partial charge in [0.05, 0.1) is 5.69 Å². The van der Waals surface area contributed by atoms with Crippen LogP contribution in [0.15, 0.2) is 97.3 Å². The summed E-state index contributed by atoms with van der Waals surface area (Å²) >= 11 is 0. The molecule has 0 aliphatic heterocycles. The van der Waals surface area contributed by atoms with Crippen LogP contribution in [0, 0.1) is 6.92 Å². The summed E-state index contributed by atoms with van der Waals surface area (Å²) in [5.41, 5.74) is 4.55. The van der Waals surface area contributed by atoms with Crippen LogP contribution in [0.5, 0.6) is 0 Å². The Kier molecular flexibility index (Phi) is 5.85. The highest BCUT2D eigenvalue weighted by Gasteiger charge is 2.13. The molecule has 0 unspecified atom stereocenters. The maximum absolute atomic E-state index is 13.2. The van der Waals surface area contributed by atoms with Crippen LogP contribution in [0.25, 0.3) is 17.3 Å². The smallest absolute Gasteiger partial charge is 0.252 e. The van der Waals surface area contributed by atoms with E-state index in [-0.39, 0.29) is 5.91 Å². The predicted octanol–water partition coefficient (Wildman–Crippen LogP) is 5.04. The molecule has 0 fully saturated rings. The Hall–Kier alpha value is -3.92. The zero-order valence-electron chi connectivity index (χ0n) is 16.8. The van der Waals surface area contributed by atoms with Crippen molar-refractivity contribution < 1.29 is 4.79 Å². The zero-order chi connectivity index (χ0) is 20.8. The fraction of sp³-hybridized carbons (Fsp3) is 0.0769. The number of hydrogen-bond donors (Lipinski definition) is 1. The van der Waals surface area contributed by atoms with Crippen LogP contribution in [-0.4, -0.2) is 15.5 Å². The summed E-state index contributed by atoms with van der Waals surface area (Å²) in [6, 6.07) is 27.7. The minimum absolute atomic E-state index is 0.109. The average molecular weight is 393 g/mol. The number of nitrogens with one attached hydrogen (secondary N) is 1. The molecule has 1 amide bonds. The van der Waals surface area contributed by atoms with Gasteiger partial charge in [-0.2, -0.15) is 0 Å². The summed E-state index contributed by atoms with van der Waals surface area (Å²) in [4.78, 5) is 17.5. The first-order valence-corrected chi connectivity index (χ1v) is 9.91. The first kappa shape index (κ1) is 19.4. The van der Waals surface area contributed by atoms with Crippen molar-refractivity contribution in [1.82, 2.24) is 14.9 Å². The van der Waals surface area contributed by atoms with Gasteiger partial charge in [0.1, 0.15) is 5.82 Å². The van der Waals surface area contributed by atoms with E-state index in [0.29, 0.717) is 12.1 Å². The lowest BCUT2D eigenvalue weighted by Gasteiger charge is -2.14. The number of rotatable bonds is 6. The van der Waals surface area contributed by atoms with Gasteiger partial charge in [0.25, 0.3) is 5.91 Å². The van der Waals surface area contributed by atoms with Crippen LogP contribution in [0.4, 0.5) is 0 Å². The number of carbonyl (C=O) groups excluding carboxylic acids is 1. The molecule has 0 spiro atoms. The van der Waals surface area contributed by atoms with Gasteiger partial charge in [-0.15, -0.1) is 0 Å². The predicted molar refractivity (Wildman–Crippen MR) is 121 cm³/mol. The van der Waals surface area contributed by atoms with Gasteiger partial charge < -0.3 is 9.88 Å². The van der Waals surface area contributed by atoms with Crippen molar-refractivity contribution in [2.75, 3.05) is 0 Å². The number of carbonyl (C=O) groups is 1. The third-order valence-corrected chi connectivity index (χ3v) is 4.96. The van der Waals surface area contributed by atoms with Crippen molar-refractivity contribution in [2.24, 2.45) is 0 Å². The Balaban J connectivity index is 1.61. The second-order valence-electron chi connectivity index (χ2n) is 6.99. The maximum Gasteiger partial charge on any atom is 0.252 e. The van der Waals surface area contributed by atoms with Crippen LogP contribution in [-0.2, 0) is 11.3 Å². The lowest BCUT2D eigenvalue weighted by atomic mass is 10.0. The Morgan fingerprint density at radius 3 is 2.30 bits per heavy atom. The van der Waals surface area contributed by atoms with Crippen LogP contribution in [0.1, 0.15) is 22.5 Å². The average Bonchev–Trinajstić information content (AvgIpc) is 3.23. The lowest BCUT2D eigenvalue weighted by Crippen LogP contribution is -2.24. The van der Waals surface area contributed by atoms with E-state index in [2.05, 4.69) is 10.3 Å². The molecule has 3 aromatic carbocycles. The van der Waals surface area contributed by atoms with E-state index in [1.807, 2.05) is 109 Å². The molecule has 30 heavy (non-hydrogen) atoms. The van der Waals surface area contributed by atoms with Gasteiger partial charge >= 0.3 is 0 Å². The molecule has 4 aromatic rings. The van der Waals surface area contributed by atoms with Gasteiger partial charge in [0, 0.05) is 24.5 Å². The Labute approximate surface area is 176 Å². The fourth-order valence-corrected chi connectivity index (χ4v) is 3.41. The van der Waals surface area contributed by atoms with Gasteiger partial charge in [-0.3, -0.25) is 4.79 Å². The molecule has 1 N–H and O–H groups in total. The number of para-hydroxylation sites is 1. The summed E-state index contributed by atoms with van der Waals surface area (Å²) in [5, 5.41) is 3.10. The topological polar surface area (TPSA) is 46.9 Å². The van der Waals surface area contributed by atoms with Crippen molar-refractivity contribution in [3.63, 3.8) is 0 Å². The van der Waals surface area contributed by atoms with Crippen LogP contribution >= 0.6 is 0 Å². The summed E-state index contributed by atoms with van der Waals surface area (Å²) in [5.74, 6) is 0.796. The molecule has 0 bridgehead atoms. The number of imidazole rings is 1. The molecule has 0 aliphatic rings. The lowest BCUT2D eigenvalue weighted by molar-refractivity contribution is -0.115. The second kappa shape index (κ2) is 9.05. The van der Waals surface area contributed by atoms with Crippen molar-refractivity contribution >= 4 is 17.6 Å². The van der Waals surface area contributed by atoms with E-state index in [0.717, 1.165) is 28.2 Å². The Morgan fingerprint density at radius 2 is 1.60 bits per heavy atom. The fourth-order valence-electron chi connectivity index (χ4n) is 3.41. The molecule has 0 saturated heterocycles. The van der Waals surface area contributed by atoms with Crippen LogP contribution in [0.3, 0.4) is 0 Å². The van der Waals surface area contributed by atoms with Crippen molar-refractivity contribution in [1.29, 1.82) is 0 Å². The summed E-state index contributed by atoms with van der Waals surface area (Å²) in [7, 11) is 0. The monoisotopic (exact) mass is 393 g/mol. The number of aryl methyl sites for hydroxylation is 1. The number of amides is 1. The number of aromatic nitrogens is 2. The highest BCUT2D eigenvalue weighted by molar-refractivity contribution is 6.24. The first-order valence-electron chi connectivity index (χ1n) is 9.91.